The molecule has 0 unspecified atom stereocenters. The van der Waals surface area contributed by atoms with E-state index in [0.717, 1.165) is 0 Å². The topological polar surface area (TPSA) is 0 Å². The molecule has 0 heterocycles. The molecule has 162 valence electrons. The van der Waals surface area contributed by atoms with Crippen molar-refractivity contribution in [1.29, 1.82) is 0 Å². The molecule has 0 aromatic heterocycles. The molecule has 0 amide bonds. The van der Waals surface area contributed by atoms with Crippen LogP contribution in [0.1, 0.15) is 0 Å². The number of fused-ring (bicyclic) bond motifs is 10. The third-order valence-electron chi connectivity index (χ3n) is 8.83. The second-order valence-electron chi connectivity index (χ2n) is 10.4. The zero-order chi connectivity index (χ0) is 23.1. The fourth-order valence-corrected chi connectivity index (χ4v) is 7.60. The van der Waals surface area contributed by atoms with Crippen molar-refractivity contribution in [2.75, 3.05) is 0 Å². The Bertz CT molecular complexity index is 2400. The van der Waals surface area contributed by atoms with Crippen LogP contribution in [0.3, 0.4) is 0 Å². The summed E-state index contributed by atoms with van der Waals surface area (Å²) in [6.07, 6.45) is 0. The summed E-state index contributed by atoms with van der Waals surface area (Å²) in [5.41, 5.74) is 5.56. The van der Waals surface area contributed by atoms with Gasteiger partial charge in [-0.05, 0) is 104 Å². The molecule has 0 saturated carbocycles. The van der Waals surface area contributed by atoms with E-state index in [9.17, 15) is 0 Å². The van der Waals surface area contributed by atoms with E-state index in [4.69, 9.17) is 0 Å². The second kappa shape index (κ2) is 5.75. The molecule has 36 heavy (non-hydrogen) atoms. The Morgan fingerprint density at radius 2 is 0.889 bits per heavy atom. The van der Waals surface area contributed by atoms with Gasteiger partial charge in [0.05, 0.1) is 0 Å². The van der Waals surface area contributed by atoms with Crippen LogP contribution in [0.2, 0.25) is 0 Å². The molecule has 9 aromatic rings. The van der Waals surface area contributed by atoms with Gasteiger partial charge in [-0.3, -0.25) is 0 Å². The van der Waals surface area contributed by atoms with Crippen molar-refractivity contribution in [1.82, 2.24) is 0 Å². The normalized spacial score (nSPS) is 13.0. The summed E-state index contributed by atoms with van der Waals surface area (Å²) in [4.78, 5) is 0. The van der Waals surface area contributed by atoms with E-state index in [1.165, 1.54) is 97.7 Å². The Labute approximate surface area is 206 Å². The summed E-state index contributed by atoms with van der Waals surface area (Å²) < 4.78 is 0. The summed E-state index contributed by atoms with van der Waals surface area (Å²) >= 11 is 0. The first-order chi connectivity index (χ1) is 17.9. The minimum absolute atomic E-state index is 1.32. The molecular formula is C36H18. The highest BCUT2D eigenvalue weighted by atomic mass is 14.3. The zero-order valence-corrected chi connectivity index (χ0v) is 19.4. The fraction of sp³-hybridized carbons (Fsp3) is 0. The predicted octanol–water partition coefficient (Wildman–Crippen LogP) is 10.3. The van der Waals surface area contributed by atoms with Crippen LogP contribution in [0.25, 0.3) is 97.7 Å². The molecule has 0 aliphatic heterocycles. The number of benzene rings is 9. The van der Waals surface area contributed by atoms with E-state index >= 15 is 0 Å². The largest absolute Gasteiger partial charge is 0.0616 e. The number of hydrogen-bond acceptors (Lipinski definition) is 0. The second-order valence-corrected chi connectivity index (χ2v) is 10.4. The Balaban J connectivity index is 1.73. The number of rotatable bonds is 0. The summed E-state index contributed by atoms with van der Waals surface area (Å²) in [5.74, 6) is 0. The van der Waals surface area contributed by atoms with E-state index in [0.29, 0.717) is 0 Å². The molecule has 0 bridgehead atoms. The van der Waals surface area contributed by atoms with Crippen LogP contribution < -0.4 is 0 Å². The first kappa shape index (κ1) is 17.7. The monoisotopic (exact) mass is 450 g/mol. The van der Waals surface area contributed by atoms with Crippen LogP contribution in [0.5, 0.6) is 0 Å². The van der Waals surface area contributed by atoms with Crippen molar-refractivity contribution in [3.8, 4) is 22.3 Å². The maximum atomic E-state index is 2.45. The highest BCUT2D eigenvalue weighted by molar-refractivity contribution is 6.50. The van der Waals surface area contributed by atoms with Crippen molar-refractivity contribution >= 4 is 75.4 Å². The molecule has 0 radical (unpaired) electrons. The van der Waals surface area contributed by atoms with E-state index in [1.807, 2.05) is 0 Å². The Hall–Kier alpha value is -4.68. The van der Waals surface area contributed by atoms with Gasteiger partial charge in [0.25, 0.3) is 0 Å². The molecule has 0 fully saturated rings. The van der Waals surface area contributed by atoms with Gasteiger partial charge in [0.1, 0.15) is 0 Å². The van der Waals surface area contributed by atoms with Crippen molar-refractivity contribution in [3.05, 3.63) is 109 Å². The first-order valence-corrected chi connectivity index (χ1v) is 12.7. The lowest BCUT2D eigenvalue weighted by atomic mass is 9.80. The molecule has 0 saturated heterocycles. The quantitative estimate of drug-likeness (QED) is 0.159. The van der Waals surface area contributed by atoms with Gasteiger partial charge in [0.2, 0.25) is 0 Å². The molecule has 10 rings (SSSR count). The van der Waals surface area contributed by atoms with E-state index in [1.54, 1.807) is 0 Å². The third kappa shape index (κ3) is 1.77. The van der Waals surface area contributed by atoms with Crippen molar-refractivity contribution in [2.24, 2.45) is 0 Å². The fourth-order valence-electron chi connectivity index (χ4n) is 7.60. The highest BCUT2D eigenvalue weighted by Crippen LogP contribution is 2.59. The third-order valence-corrected chi connectivity index (χ3v) is 8.83. The summed E-state index contributed by atoms with van der Waals surface area (Å²) in [5, 5.41) is 19.4. The lowest BCUT2D eigenvalue weighted by Crippen LogP contribution is -1.93. The molecule has 0 heteroatoms. The van der Waals surface area contributed by atoms with Crippen molar-refractivity contribution < 1.29 is 0 Å². The zero-order valence-electron chi connectivity index (χ0n) is 19.4. The minimum atomic E-state index is 1.32. The van der Waals surface area contributed by atoms with E-state index in [-0.39, 0.29) is 0 Å². The average Bonchev–Trinajstić information content (AvgIpc) is 3.29. The maximum absolute atomic E-state index is 2.45. The van der Waals surface area contributed by atoms with E-state index in [2.05, 4.69) is 109 Å². The SMILES string of the molecule is c1ccc2c(c1)-c1c3ccccc3c3c4ccccc4c4cc5cccc6ccc7c-2c1c3c4c7c65. The van der Waals surface area contributed by atoms with Crippen molar-refractivity contribution in [3.63, 3.8) is 0 Å². The summed E-state index contributed by atoms with van der Waals surface area (Å²) in [6, 6.07) is 41.1. The lowest BCUT2D eigenvalue weighted by molar-refractivity contribution is 1.71. The van der Waals surface area contributed by atoms with Gasteiger partial charge >= 0.3 is 0 Å². The maximum Gasteiger partial charge on any atom is -0.0000707 e. The average molecular weight is 451 g/mol. The standard InChI is InChI=1S/C36H18/c1-2-11-22-21(10-1)28-18-20-9-7-8-19-16-17-27-32-26-15-6-5-14-25(26)31-24-13-4-3-12-23(24)30(22)36(35(31)32)34(28)33(27)29(19)20/h1-18H. The smallest absolute Gasteiger partial charge is 0.0000707 e. The van der Waals surface area contributed by atoms with E-state index < -0.39 is 0 Å². The summed E-state index contributed by atoms with van der Waals surface area (Å²) in [6.45, 7) is 0. The van der Waals surface area contributed by atoms with Gasteiger partial charge in [-0.15, -0.1) is 0 Å². The van der Waals surface area contributed by atoms with Crippen LogP contribution in [0, 0.1) is 0 Å². The Kier molecular flexibility index (Phi) is 2.83. The predicted molar refractivity (Wildman–Crippen MR) is 156 cm³/mol. The molecule has 1 aliphatic rings. The van der Waals surface area contributed by atoms with Gasteiger partial charge in [-0.2, -0.15) is 0 Å². The van der Waals surface area contributed by atoms with Crippen LogP contribution in [-0.4, -0.2) is 0 Å². The van der Waals surface area contributed by atoms with Gasteiger partial charge < -0.3 is 0 Å². The Morgan fingerprint density at radius 1 is 0.278 bits per heavy atom. The molecule has 9 aromatic carbocycles. The molecule has 0 nitrogen and oxygen atoms in total. The molecule has 0 spiro atoms. The molecular weight excluding hydrogens is 432 g/mol. The first-order valence-electron chi connectivity index (χ1n) is 12.7. The summed E-state index contributed by atoms with van der Waals surface area (Å²) in [7, 11) is 0. The number of hydrogen-bond donors (Lipinski definition) is 0. The Morgan fingerprint density at radius 3 is 1.69 bits per heavy atom. The van der Waals surface area contributed by atoms with Crippen LogP contribution in [0.4, 0.5) is 0 Å². The van der Waals surface area contributed by atoms with Crippen LogP contribution in [0.15, 0.2) is 109 Å². The molecule has 1 aliphatic carbocycles. The van der Waals surface area contributed by atoms with Gasteiger partial charge in [-0.1, -0.05) is 103 Å². The van der Waals surface area contributed by atoms with Crippen LogP contribution in [-0.2, 0) is 0 Å². The van der Waals surface area contributed by atoms with Crippen LogP contribution >= 0.6 is 0 Å². The lowest BCUT2D eigenvalue weighted by Gasteiger charge is -2.22. The minimum Gasteiger partial charge on any atom is -0.0616 e. The highest BCUT2D eigenvalue weighted by Gasteiger charge is 2.31. The van der Waals surface area contributed by atoms with Gasteiger partial charge in [-0.25, -0.2) is 0 Å². The van der Waals surface area contributed by atoms with Crippen molar-refractivity contribution in [2.45, 2.75) is 0 Å². The molecule has 0 atom stereocenters. The molecule has 0 N–H and O–H groups in total. The van der Waals surface area contributed by atoms with Gasteiger partial charge in [0.15, 0.2) is 0 Å². The van der Waals surface area contributed by atoms with Gasteiger partial charge in [0, 0.05) is 0 Å².